The first-order chi connectivity index (χ1) is 9.63. The van der Waals surface area contributed by atoms with Crippen LogP contribution >= 0.6 is 11.6 Å². The Morgan fingerprint density at radius 3 is 2.45 bits per heavy atom. The number of rotatable bonds is 4. The predicted molar refractivity (Wildman–Crippen MR) is 78.5 cm³/mol. The van der Waals surface area contributed by atoms with Crippen LogP contribution in [-0.4, -0.2) is 5.11 Å². The van der Waals surface area contributed by atoms with Gasteiger partial charge in [-0.2, -0.15) is 0 Å². The standard InChI is InChI=1S/C17H16ClFO/c18-16-10-15(19)8-7-14(16)9-17(20)13-5-3-12(4-6-13)11-1-2-11/h3-8,10-11,17,20H,1-2,9H2. The van der Waals surface area contributed by atoms with E-state index in [4.69, 9.17) is 11.6 Å². The second-order valence-electron chi connectivity index (χ2n) is 5.40. The second kappa shape index (κ2) is 5.55. The van der Waals surface area contributed by atoms with Gasteiger partial charge in [0.05, 0.1) is 6.10 Å². The van der Waals surface area contributed by atoms with E-state index in [2.05, 4.69) is 12.1 Å². The summed E-state index contributed by atoms with van der Waals surface area (Å²) in [6, 6.07) is 12.4. The summed E-state index contributed by atoms with van der Waals surface area (Å²) in [4.78, 5) is 0. The second-order valence-corrected chi connectivity index (χ2v) is 5.80. The molecule has 0 aliphatic heterocycles. The Morgan fingerprint density at radius 1 is 1.15 bits per heavy atom. The van der Waals surface area contributed by atoms with Crippen molar-refractivity contribution in [2.75, 3.05) is 0 Å². The molecule has 0 spiro atoms. The van der Waals surface area contributed by atoms with Crippen LogP contribution in [0.25, 0.3) is 0 Å². The van der Waals surface area contributed by atoms with E-state index in [0.717, 1.165) is 11.1 Å². The minimum absolute atomic E-state index is 0.359. The number of aliphatic hydroxyl groups excluding tert-OH is 1. The average molecular weight is 291 g/mol. The van der Waals surface area contributed by atoms with E-state index >= 15 is 0 Å². The normalized spacial score (nSPS) is 16.1. The van der Waals surface area contributed by atoms with Gasteiger partial charge in [0.1, 0.15) is 5.82 Å². The highest BCUT2D eigenvalue weighted by molar-refractivity contribution is 6.31. The Labute approximate surface area is 123 Å². The van der Waals surface area contributed by atoms with E-state index < -0.39 is 6.10 Å². The van der Waals surface area contributed by atoms with Gasteiger partial charge in [0.15, 0.2) is 0 Å². The van der Waals surface area contributed by atoms with Crippen LogP contribution in [0.5, 0.6) is 0 Å². The molecule has 1 atom stereocenters. The van der Waals surface area contributed by atoms with Crippen LogP contribution in [-0.2, 0) is 6.42 Å². The summed E-state index contributed by atoms with van der Waals surface area (Å²) in [7, 11) is 0. The quantitative estimate of drug-likeness (QED) is 0.870. The van der Waals surface area contributed by atoms with Crippen molar-refractivity contribution < 1.29 is 9.50 Å². The van der Waals surface area contributed by atoms with Gasteiger partial charge >= 0.3 is 0 Å². The Morgan fingerprint density at radius 2 is 1.85 bits per heavy atom. The molecule has 1 unspecified atom stereocenters. The van der Waals surface area contributed by atoms with E-state index in [-0.39, 0.29) is 5.82 Å². The number of aliphatic hydroxyl groups is 1. The smallest absolute Gasteiger partial charge is 0.124 e. The van der Waals surface area contributed by atoms with Gasteiger partial charge in [0, 0.05) is 11.4 Å². The lowest BCUT2D eigenvalue weighted by Gasteiger charge is -2.13. The minimum atomic E-state index is -0.619. The van der Waals surface area contributed by atoms with Crippen LogP contribution < -0.4 is 0 Å². The topological polar surface area (TPSA) is 20.2 Å². The van der Waals surface area contributed by atoms with Gasteiger partial charge in [-0.3, -0.25) is 0 Å². The van der Waals surface area contributed by atoms with Crippen molar-refractivity contribution in [2.24, 2.45) is 0 Å². The van der Waals surface area contributed by atoms with Gasteiger partial charge in [0.25, 0.3) is 0 Å². The highest BCUT2D eigenvalue weighted by Gasteiger charge is 2.23. The van der Waals surface area contributed by atoms with Gasteiger partial charge in [-0.25, -0.2) is 4.39 Å². The van der Waals surface area contributed by atoms with Crippen LogP contribution in [0, 0.1) is 5.82 Å². The van der Waals surface area contributed by atoms with Gasteiger partial charge < -0.3 is 5.11 Å². The molecule has 1 nitrogen and oxygen atoms in total. The number of halogens is 2. The molecule has 20 heavy (non-hydrogen) atoms. The molecule has 1 saturated carbocycles. The number of hydrogen-bond donors (Lipinski definition) is 1. The molecule has 1 fully saturated rings. The Hall–Kier alpha value is -1.38. The van der Waals surface area contributed by atoms with Crippen LogP contribution in [0.1, 0.15) is 41.6 Å². The van der Waals surface area contributed by atoms with Crippen molar-refractivity contribution in [3.8, 4) is 0 Å². The largest absolute Gasteiger partial charge is 0.388 e. The van der Waals surface area contributed by atoms with Gasteiger partial charge in [-0.05, 0) is 47.6 Å². The molecular weight excluding hydrogens is 275 g/mol. The molecule has 3 rings (SSSR count). The first kappa shape index (κ1) is 13.6. The molecule has 1 aliphatic carbocycles. The number of hydrogen-bond acceptors (Lipinski definition) is 1. The van der Waals surface area contributed by atoms with E-state index in [1.807, 2.05) is 12.1 Å². The molecule has 2 aromatic rings. The monoisotopic (exact) mass is 290 g/mol. The maximum absolute atomic E-state index is 13.0. The van der Waals surface area contributed by atoms with Crippen molar-refractivity contribution in [2.45, 2.75) is 31.3 Å². The van der Waals surface area contributed by atoms with E-state index in [9.17, 15) is 9.50 Å². The average Bonchev–Trinajstić information content (AvgIpc) is 3.26. The van der Waals surface area contributed by atoms with E-state index in [1.54, 1.807) is 6.07 Å². The van der Waals surface area contributed by atoms with Crippen molar-refractivity contribution in [1.82, 2.24) is 0 Å². The molecular formula is C17H16ClFO. The Balaban J connectivity index is 1.73. The SMILES string of the molecule is OC(Cc1ccc(F)cc1Cl)c1ccc(C2CC2)cc1. The molecule has 0 heterocycles. The molecule has 104 valence electrons. The zero-order chi connectivity index (χ0) is 14.1. The fourth-order valence-corrected chi connectivity index (χ4v) is 2.66. The molecule has 0 bridgehead atoms. The maximum atomic E-state index is 13.0. The Bertz CT molecular complexity index is 605. The lowest BCUT2D eigenvalue weighted by Crippen LogP contribution is -2.02. The molecule has 3 heteroatoms. The van der Waals surface area contributed by atoms with Crippen molar-refractivity contribution in [3.05, 3.63) is 70.0 Å². The molecule has 2 aromatic carbocycles. The molecule has 1 aliphatic rings. The maximum Gasteiger partial charge on any atom is 0.124 e. The zero-order valence-electron chi connectivity index (χ0n) is 11.0. The van der Waals surface area contributed by atoms with Crippen LogP contribution in [0.15, 0.2) is 42.5 Å². The van der Waals surface area contributed by atoms with Crippen molar-refractivity contribution in [3.63, 3.8) is 0 Å². The summed E-state index contributed by atoms with van der Waals surface area (Å²) >= 11 is 5.98. The van der Waals surface area contributed by atoms with Crippen molar-refractivity contribution >= 4 is 11.6 Å². The Kier molecular flexibility index (Phi) is 3.77. The zero-order valence-corrected chi connectivity index (χ0v) is 11.8. The first-order valence-electron chi connectivity index (χ1n) is 6.85. The summed E-state index contributed by atoms with van der Waals surface area (Å²) in [6.45, 7) is 0. The summed E-state index contributed by atoms with van der Waals surface area (Å²) < 4.78 is 13.0. The van der Waals surface area contributed by atoms with Gasteiger partial charge in [0.2, 0.25) is 0 Å². The molecule has 0 amide bonds. The van der Waals surface area contributed by atoms with Crippen LogP contribution in [0.4, 0.5) is 4.39 Å². The summed E-state index contributed by atoms with van der Waals surface area (Å²) in [5.41, 5.74) is 2.97. The summed E-state index contributed by atoms with van der Waals surface area (Å²) in [5, 5.41) is 10.6. The molecule has 0 aromatic heterocycles. The minimum Gasteiger partial charge on any atom is -0.388 e. The van der Waals surface area contributed by atoms with Crippen LogP contribution in [0.3, 0.4) is 0 Å². The molecule has 0 saturated heterocycles. The molecule has 1 N–H and O–H groups in total. The molecule has 0 radical (unpaired) electrons. The third kappa shape index (κ3) is 3.02. The van der Waals surface area contributed by atoms with Gasteiger partial charge in [-0.15, -0.1) is 0 Å². The fraction of sp³-hybridized carbons (Fsp3) is 0.294. The van der Waals surface area contributed by atoms with Gasteiger partial charge in [-0.1, -0.05) is 41.9 Å². The fourth-order valence-electron chi connectivity index (χ4n) is 2.42. The van der Waals surface area contributed by atoms with Crippen LogP contribution in [0.2, 0.25) is 5.02 Å². The lowest BCUT2D eigenvalue weighted by atomic mass is 9.99. The summed E-state index contributed by atoms with van der Waals surface area (Å²) in [6.07, 6.45) is 2.31. The van der Waals surface area contributed by atoms with Crippen molar-refractivity contribution in [1.29, 1.82) is 0 Å². The lowest BCUT2D eigenvalue weighted by molar-refractivity contribution is 0.178. The summed E-state index contributed by atoms with van der Waals surface area (Å²) in [5.74, 6) is 0.356. The third-order valence-electron chi connectivity index (χ3n) is 3.80. The highest BCUT2D eigenvalue weighted by Crippen LogP contribution is 2.40. The highest BCUT2D eigenvalue weighted by atomic mass is 35.5. The van der Waals surface area contributed by atoms with E-state index in [1.165, 1.54) is 30.5 Å². The van der Waals surface area contributed by atoms with E-state index in [0.29, 0.717) is 17.4 Å². The first-order valence-corrected chi connectivity index (χ1v) is 7.23. The number of benzene rings is 2. The third-order valence-corrected chi connectivity index (χ3v) is 4.15. The predicted octanol–water partition coefficient (Wildman–Crippen LogP) is 4.63.